The summed E-state index contributed by atoms with van der Waals surface area (Å²) >= 11 is 1.74. The van der Waals surface area contributed by atoms with Gasteiger partial charge in [-0.1, -0.05) is 24.3 Å². The van der Waals surface area contributed by atoms with Gasteiger partial charge in [0.25, 0.3) is 0 Å². The topological polar surface area (TPSA) is 21.3 Å². The van der Waals surface area contributed by atoms with Gasteiger partial charge in [0.05, 0.1) is 6.61 Å². The molecule has 0 amide bonds. The van der Waals surface area contributed by atoms with E-state index in [4.69, 9.17) is 4.74 Å². The van der Waals surface area contributed by atoms with Gasteiger partial charge in [0, 0.05) is 20.2 Å². The van der Waals surface area contributed by atoms with Crippen LogP contribution in [0.3, 0.4) is 0 Å². The molecular weight excluding hydrogens is 230 g/mol. The van der Waals surface area contributed by atoms with Crippen LogP contribution in [0, 0.1) is 0 Å². The normalized spacial score (nSPS) is 10.6. The first-order valence-electron chi connectivity index (χ1n) is 5.67. The van der Waals surface area contributed by atoms with Crippen LogP contribution in [-0.4, -0.2) is 7.11 Å². The number of ether oxygens (including phenoxy) is 1. The quantitative estimate of drug-likeness (QED) is 0.846. The van der Waals surface area contributed by atoms with Gasteiger partial charge in [-0.15, -0.1) is 0 Å². The van der Waals surface area contributed by atoms with Gasteiger partial charge in [-0.25, -0.2) is 0 Å². The Balaban J connectivity index is 1.84. The fourth-order valence-electron chi connectivity index (χ4n) is 1.74. The summed E-state index contributed by atoms with van der Waals surface area (Å²) in [7, 11) is 1.72. The van der Waals surface area contributed by atoms with Crippen LogP contribution in [0.2, 0.25) is 0 Å². The summed E-state index contributed by atoms with van der Waals surface area (Å²) in [6.07, 6.45) is 0. The lowest BCUT2D eigenvalue weighted by Crippen LogP contribution is -2.12. The van der Waals surface area contributed by atoms with Crippen molar-refractivity contribution in [2.24, 2.45) is 0 Å². The molecule has 0 aliphatic heterocycles. The summed E-state index contributed by atoms with van der Waals surface area (Å²) in [5.74, 6) is 0. The van der Waals surface area contributed by atoms with Gasteiger partial charge in [0.2, 0.25) is 0 Å². The summed E-state index contributed by atoms with van der Waals surface area (Å²) in [4.78, 5) is 0. The smallest absolute Gasteiger partial charge is 0.0713 e. The second kappa shape index (κ2) is 6.55. The van der Waals surface area contributed by atoms with E-state index in [9.17, 15) is 0 Å². The molecule has 0 saturated heterocycles. The minimum atomic E-state index is 0.679. The van der Waals surface area contributed by atoms with E-state index >= 15 is 0 Å². The first kappa shape index (κ1) is 12.3. The molecule has 1 aromatic carbocycles. The van der Waals surface area contributed by atoms with Crippen molar-refractivity contribution in [3.05, 3.63) is 57.8 Å². The predicted octanol–water partition coefficient (Wildman–Crippen LogP) is 3.18. The Bertz CT molecular complexity index is 439. The predicted molar refractivity (Wildman–Crippen MR) is 72.0 cm³/mol. The fraction of sp³-hybridized carbons (Fsp3) is 0.286. The van der Waals surface area contributed by atoms with Crippen molar-refractivity contribution in [1.82, 2.24) is 5.32 Å². The zero-order valence-electron chi connectivity index (χ0n) is 9.98. The van der Waals surface area contributed by atoms with Gasteiger partial charge in [-0.05, 0) is 33.5 Å². The van der Waals surface area contributed by atoms with Crippen molar-refractivity contribution in [1.29, 1.82) is 0 Å². The molecular formula is C14H17NOS. The van der Waals surface area contributed by atoms with Crippen molar-refractivity contribution in [2.75, 3.05) is 7.11 Å². The summed E-state index contributed by atoms with van der Waals surface area (Å²) in [6, 6.07) is 10.6. The zero-order valence-corrected chi connectivity index (χ0v) is 10.8. The van der Waals surface area contributed by atoms with Gasteiger partial charge < -0.3 is 10.1 Å². The second-order valence-corrected chi connectivity index (χ2v) is 4.77. The molecule has 0 aliphatic carbocycles. The highest BCUT2D eigenvalue weighted by Crippen LogP contribution is 2.08. The van der Waals surface area contributed by atoms with Gasteiger partial charge in [0.1, 0.15) is 0 Å². The number of rotatable bonds is 6. The minimum absolute atomic E-state index is 0.679. The monoisotopic (exact) mass is 247 g/mol. The molecule has 90 valence electrons. The zero-order chi connectivity index (χ0) is 11.9. The van der Waals surface area contributed by atoms with Crippen LogP contribution in [0.1, 0.15) is 16.7 Å². The van der Waals surface area contributed by atoms with Crippen LogP contribution >= 0.6 is 11.3 Å². The van der Waals surface area contributed by atoms with Crippen molar-refractivity contribution in [2.45, 2.75) is 19.7 Å². The van der Waals surface area contributed by atoms with Gasteiger partial charge in [-0.3, -0.25) is 0 Å². The van der Waals surface area contributed by atoms with E-state index in [2.05, 4.69) is 46.4 Å². The van der Waals surface area contributed by atoms with E-state index in [0.29, 0.717) is 6.61 Å². The largest absolute Gasteiger partial charge is 0.380 e. The number of benzene rings is 1. The van der Waals surface area contributed by atoms with Crippen LogP contribution < -0.4 is 5.32 Å². The Morgan fingerprint density at radius 2 is 1.94 bits per heavy atom. The minimum Gasteiger partial charge on any atom is -0.380 e. The average Bonchev–Trinajstić information content (AvgIpc) is 2.83. The maximum absolute atomic E-state index is 5.13. The van der Waals surface area contributed by atoms with E-state index in [1.165, 1.54) is 16.7 Å². The third-order valence-electron chi connectivity index (χ3n) is 2.54. The first-order chi connectivity index (χ1) is 8.38. The van der Waals surface area contributed by atoms with Gasteiger partial charge >= 0.3 is 0 Å². The summed E-state index contributed by atoms with van der Waals surface area (Å²) in [5, 5.41) is 7.72. The molecule has 17 heavy (non-hydrogen) atoms. The molecule has 0 fully saturated rings. The van der Waals surface area contributed by atoms with Crippen molar-refractivity contribution >= 4 is 11.3 Å². The molecule has 0 unspecified atom stereocenters. The number of hydrogen-bond acceptors (Lipinski definition) is 3. The molecule has 3 heteroatoms. The van der Waals surface area contributed by atoms with E-state index in [1.807, 2.05) is 0 Å². The SMILES string of the molecule is COCc1cccc(CNCc2ccsc2)c1. The van der Waals surface area contributed by atoms with E-state index in [-0.39, 0.29) is 0 Å². The maximum atomic E-state index is 5.13. The third-order valence-corrected chi connectivity index (χ3v) is 3.27. The molecule has 2 rings (SSSR count). The number of hydrogen-bond donors (Lipinski definition) is 1. The summed E-state index contributed by atoms with van der Waals surface area (Å²) < 4.78 is 5.13. The van der Waals surface area contributed by atoms with Crippen LogP contribution in [-0.2, 0) is 24.4 Å². The number of methoxy groups -OCH3 is 1. The second-order valence-electron chi connectivity index (χ2n) is 3.99. The van der Waals surface area contributed by atoms with E-state index in [0.717, 1.165) is 13.1 Å². The molecule has 0 atom stereocenters. The third kappa shape index (κ3) is 3.97. The summed E-state index contributed by atoms with van der Waals surface area (Å²) in [5.41, 5.74) is 3.88. The molecule has 1 N–H and O–H groups in total. The van der Waals surface area contributed by atoms with Crippen LogP contribution in [0.25, 0.3) is 0 Å². The summed E-state index contributed by atoms with van der Waals surface area (Å²) in [6.45, 7) is 2.50. The fourth-order valence-corrected chi connectivity index (χ4v) is 2.41. The molecule has 1 heterocycles. The lowest BCUT2D eigenvalue weighted by molar-refractivity contribution is 0.185. The molecule has 1 aromatic heterocycles. The van der Waals surface area contributed by atoms with E-state index in [1.54, 1.807) is 18.4 Å². The van der Waals surface area contributed by atoms with E-state index < -0.39 is 0 Å². The van der Waals surface area contributed by atoms with Crippen molar-refractivity contribution in [3.63, 3.8) is 0 Å². The highest BCUT2D eigenvalue weighted by atomic mass is 32.1. The number of nitrogens with one attached hydrogen (secondary N) is 1. The molecule has 2 nitrogen and oxygen atoms in total. The Kier molecular flexibility index (Phi) is 4.74. The molecule has 2 aromatic rings. The molecule has 0 aliphatic rings. The number of thiophene rings is 1. The molecule has 0 spiro atoms. The van der Waals surface area contributed by atoms with Gasteiger partial charge in [0.15, 0.2) is 0 Å². The van der Waals surface area contributed by atoms with Crippen LogP contribution in [0.5, 0.6) is 0 Å². The Hall–Kier alpha value is -1.16. The molecule has 0 bridgehead atoms. The standard InChI is InChI=1S/C14H17NOS/c1-16-10-13-4-2-3-12(7-13)8-15-9-14-5-6-17-11-14/h2-7,11,15H,8-10H2,1H3. The molecule has 0 saturated carbocycles. The lowest BCUT2D eigenvalue weighted by Gasteiger charge is -2.06. The Morgan fingerprint density at radius 1 is 1.12 bits per heavy atom. The Labute approximate surface area is 106 Å². The van der Waals surface area contributed by atoms with Crippen LogP contribution in [0.4, 0.5) is 0 Å². The Morgan fingerprint density at radius 3 is 2.71 bits per heavy atom. The highest BCUT2D eigenvalue weighted by molar-refractivity contribution is 7.07. The average molecular weight is 247 g/mol. The lowest BCUT2D eigenvalue weighted by atomic mass is 10.1. The van der Waals surface area contributed by atoms with Gasteiger partial charge in [-0.2, -0.15) is 11.3 Å². The molecule has 0 radical (unpaired) electrons. The highest BCUT2D eigenvalue weighted by Gasteiger charge is 1.97. The van der Waals surface area contributed by atoms with Crippen LogP contribution in [0.15, 0.2) is 41.1 Å². The first-order valence-corrected chi connectivity index (χ1v) is 6.61. The van der Waals surface area contributed by atoms with Crippen molar-refractivity contribution < 1.29 is 4.74 Å². The maximum Gasteiger partial charge on any atom is 0.0713 e. The van der Waals surface area contributed by atoms with Crippen molar-refractivity contribution in [3.8, 4) is 0 Å².